The van der Waals surface area contributed by atoms with Gasteiger partial charge in [-0.3, -0.25) is 0 Å². The first-order chi connectivity index (χ1) is 16.2. The third-order valence-electron chi connectivity index (χ3n) is 6.56. The lowest BCUT2D eigenvalue weighted by Crippen LogP contribution is -2.11. The van der Waals surface area contributed by atoms with Crippen molar-refractivity contribution in [3.05, 3.63) is 41.3 Å². The number of ether oxygens (including phenoxy) is 2. The molecule has 33 heavy (non-hydrogen) atoms. The number of aromatic nitrogens is 1. The molecule has 1 aliphatic carbocycles. The zero-order chi connectivity index (χ0) is 23.3. The van der Waals surface area contributed by atoms with Gasteiger partial charge in [-0.1, -0.05) is 84.1 Å². The van der Waals surface area contributed by atoms with Crippen molar-refractivity contribution in [1.29, 1.82) is 0 Å². The first kappa shape index (κ1) is 25.5. The van der Waals surface area contributed by atoms with Gasteiger partial charge in [0, 0.05) is 11.6 Å². The van der Waals surface area contributed by atoms with Crippen LogP contribution in [0.5, 0.6) is 11.6 Å². The van der Waals surface area contributed by atoms with Crippen molar-refractivity contribution in [1.82, 2.24) is 4.98 Å². The standard InChI is InChI=1S/C29H42FNO2/c1-3-5-7-9-10-12-14-22-33-28-20-17-24-23-16-19-27(32-21-13-11-8-6-4-2)29(30)25(23)15-18-26(24)31-28/h16-17,19-20H,3-15,18,21-22H2,1-2H3. The molecule has 1 aliphatic rings. The van der Waals surface area contributed by atoms with Gasteiger partial charge in [0.1, 0.15) is 0 Å². The largest absolute Gasteiger partial charge is 0.491 e. The van der Waals surface area contributed by atoms with E-state index < -0.39 is 0 Å². The van der Waals surface area contributed by atoms with Crippen LogP contribution in [0.2, 0.25) is 0 Å². The normalized spacial score (nSPS) is 12.3. The third kappa shape index (κ3) is 7.72. The average molecular weight is 456 g/mol. The van der Waals surface area contributed by atoms with Gasteiger partial charge in [-0.05, 0) is 48.9 Å². The van der Waals surface area contributed by atoms with E-state index >= 15 is 4.39 Å². The Kier molecular flexibility index (Phi) is 11.0. The molecule has 0 amide bonds. The van der Waals surface area contributed by atoms with E-state index in [1.807, 2.05) is 18.2 Å². The third-order valence-corrected chi connectivity index (χ3v) is 6.56. The maximum Gasteiger partial charge on any atom is 0.213 e. The molecule has 0 saturated carbocycles. The average Bonchev–Trinajstić information content (AvgIpc) is 2.84. The Bertz CT molecular complexity index is 852. The molecule has 0 atom stereocenters. The van der Waals surface area contributed by atoms with Crippen molar-refractivity contribution in [2.24, 2.45) is 0 Å². The summed E-state index contributed by atoms with van der Waals surface area (Å²) in [7, 11) is 0. The summed E-state index contributed by atoms with van der Waals surface area (Å²) in [4.78, 5) is 4.73. The van der Waals surface area contributed by atoms with Crippen LogP contribution in [-0.2, 0) is 12.8 Å². The second kappa shape index (κ2) is 14.2. The summed E-state index contributed by atoms with van der Waals surface area (Å²) < 4.78 is 26.8. The Labute approximate surface area is 200 Å². The maximum absolute atomic E-state index is 15.1. The summed E-state index contributed by atoms with van der Waals surface area (Å²) in [6.07, 6.45) is 16.1. The summed E-state index contributed by atoms with van der Waals surface area (Å²) in [6, 6.07) is 7.73. The van der Waals surface area contributed by atoms with Gasteiger partial charge in [0.05, 0.1) is 18.9 Å². The number of hydrogen-bond donors (Lipinski definition) is 0. The molecule has 3 nitrogen and oxygen atoms in total. The van der Waals surface area contributed by atoms with E-state index in [4.69, 9.17) is 14.5 Å². The zero-order valence-electron chi connectivity index (χ0n) is 20.8. The summed E-state index contributed by atoms with van der Waals surface area (Å²) in [5.41, 5.74) is 3.72. The molecule has 0 N–H and O–H groups in total. The summed E-state index contributed by atoms with van der Waals surface area (Å²) in [5, 5.41) is 0. The summed E-state index contributed by atoms with van der Waals surface area (Å²) in [5.74, 6) is 0.868. The molecule has 3 rings (SSSR count). The molecule has 0 radical (unpaired) electrons. The molecule has 0 bridgehead atoms. The molecule has 1 aromatic carbocycles. The van der Waals surface area contributed by atoms with Gasteiger partial charge in [0.15, 0.2) is 11.6 Å². The number of halogens is 1. The van der Waals surface area contributed by atoms with Crippen molar-refractivity contribution in [3.8, 4) is 22.8 Å². The molecule has 0 fully saturated rings. The highest BCUT2D eigenvalue weighted by atomic mass is 19.1. The molecule has 0 unspecified atom stereocenters. The van der Waals surface area contributed by atoms with Gasteiger partial charge in [-0.25, -0.2) is 9.37 Å². The zero-order valence-corrected chi connectivity index (χ0v) is 20.8. The quantitative estimate of drug-likeness (QED) is 0.238. The first-order valence-electron chi connectivity index (χ1n) is 13.3. The fourth-order valence-electron chi connectivity index (χ4n) is 4.57. The van der Waals surface area contributed by atoms with E-state index in [0.29, 0.717) is 31.3 Å². The Morgan fingerprint density at radius 2 is 1.30 bits per heavy atom. The van der Waals surface area contributed by atoms with Crippen molar-refractivity contribution in [3.63, 3.8) is 0 Å². The minimum Gasteiger partial charge on any atom is -0.491 e. The van der Waals surface area contributed by atoms with E-state index in [9.17, 15) is 0 Å². The fraction of sp³-hybridized carbons (Fsp3) is 0.621. The summed E-state index contributed by atoms with van der Waals surface area (Å²) in [6.45, 7) is 5.75. The van der Waals surface area contributed by atoms with Crippen LogP contribution in [0, 0.1) is 5.82 Å². The highest BCUT2D eigenvalue weighted by Gasteiger charge is 2.23. The van der Waals surface area contributed by atoms with Crippen LogP contribution in [0.25, 0.3) is 11.1 Å². The summed E-state index contributed by atoms with van der Waals surface area (Å²) >= 11 is 0. The van der Waals surface area contributed by atoms with Crippen LogP contribution >= 0.6 is 0 Å². The van der Waals surface area contributed by atoms with Crippen LogP contribution in [0.3, 0.4) is 0 Å². The number of benzene rings is 1. The number of fused-ring (bicyclic) bond motifs is 3. The second-order valence-corrected chi connectivity index (χ2v) is 9.28. The number of rotatable bonds is 16. The van der Waals surface area contributed by atoms with Gasteiger partial charge >= 0.3 is 0 Å². The van der Waals surface area contributed by atoms with E-state index in [2.05, 4.69) is 13.8 Å². The molecule has 0 saturated heterocycles. The van der Waals surface area contributed by atoms with Crippen LogP contribution in [-0.4, -0.2) is 18.2 Å². The van der Waals surface area contributed by atoms with Crippen LogP contribution < -0.4 is 9.47 Å². The molecule has 4 heteroatoms. The van der Waals surface area contributed by atoms with Crippen LogP contribution in [0.1, 0.15) is 102 Å². The fourth-order valence-corrected chi connectivity index (χ4v) is 4.57. The SMILES string of the molecule is CCCCCCCCCOc1ccc2c(n1)CCc1c-2ccc(OCCCCCCC)c1F. The van der Waals surface area contributed by atoms with Gasteiger partial charge in [0.2, 0.25) is 5.88 Å². The molecular weight excluding hydrogens is 413 g/mol. The maximum atomic E-state index is 15.1. The van der Waals surface area contributed by atoms with Gasteiger partial charge in [-0.2, -0.15) is 0 Å². The number of aryl methyl sites for hydroxylation is 1. The van der Waals surface area contributed by atoms with Crippen molar-refractivity contribution in [2.45, 2.75) is 104 Å². The van der Waals surface area contributed by atoms with Crippen LogP contribution in [0.15, 0.2) is 24.3 Å². The topological polar surface area (TPSA) is 31.4 Å². The minimum absolute atomic E-state index is 0.203. The highest BCUT2D eigenvalue weighted by Crippen LogP contribution is 2.38. The Morgan fingerprint density at radius 1 is 0.697 bits per heavy atom. The van der Waals surface area contributed by atoms with Crippen molar-refractivity contribution < 1.29 is 13.9 Å². The molecular formula is C29H42FNO2. The lowest BCUT2D eigenvalue weighted by atomic mass is 9.88. The molecule has 182 valence electrons. The second-order valence-electron chi connectivity index (χ2n) is 9.28. The lowest BCUT2D eigenvalue weighted by Gasteiger charge is -2.21. The Hall–Kier alpha value is -2.10. The smallest absolute Gasteiger partial charge is 0.213 e. The van der Waals surface area contributed by atoms with Crippen LogP contribution in [0.4, 0.5) is 4.39 Å². The van der Waals surface area contributed by atoms with Gasteiger partial charge in [-0.15, -0.1) is 0 Å². The lowest BCUT2D eigenvalue weighted by molar-refractivity contribution is 0.289. The number of pyridine rings is 1. The van der Waals surface area contributed by atoms with E-state index in [1.54, 1.807) is 6.07 Å². The molecule has 0 spiro atoms. The molecule has 1 heterocycles. The van der Waals surface area contributed by atoms with E-state index in [-0.39, 0.29) is 5.82 Å². The monoisotopic (exact) mass is 455 g/mol. The van der Waals surface area contributed by atoms with E-state index in [0.717, 1.165) is 48.1 Å². The highest BCUT2D eigenvalue weighted by molar-refractivity contribution is 5.73. The predicted octanol–water partition coefficient (Wildman–Crippen LogP) is 8.46. The first-order valence-corrected chi connectivity index (χ1v) is 13.3. The van der Waals surface area contributed by atoms with Crippen molar-refractivity contribution in [2.75, 3.05) is 13.2 Å². The van der Waals surface area contributed by atoms with Gasteiger partial charge in [0.25, 0.3) is 0 Å². The minimum atomic E-state index is -0.203. The van der Waals surface area contributed by atoms with Crippen molar-refractivity contribution >= 4 is 0 Å². The number of nitrogens with zero attached hydrogens (tertiary/aromatic N) is 1. The molecule has 0 aliphatic heterocycles. The predicted molar refractivity (Wildman–Crippen MR) is 135 cm³/mol. The number of unbranched alkanes of at least 4 members (excludes halogenated alkanes) is 10. The Balaban J connectivity index is 1.51. The Morgan fingerprint density at radius 3 is 2.00 bits per heavy atom. The van der Waals surface area contributed by atoms with E-state index in [1.165, 1.54) is 57.8 Å². The molecule has 2 aromatic rings. The molecule has 1 aromatic heterocycles. The number of hydrogen-bond acceptors (Lipinski definition) is 3. The van der Waals surface area contributed by atoms with Gasteiger partial charge < -0.3 is 9.47 Å².